The summed E-state index contributed by atoms with van der Waals surface area (Å²) in [6.45, 7) is 8.72. The first-order chi connectivity index (χ1) is 7.94. The Bertz CT molecular complexity index is 358. The number of alkyl halides is 1. The van der Waals surface area contributed by atoms with Gasteiger partial charge in [0.15, 0.2) is 0 Å². The molecule has 1 aromatic carbocycles. The molecule has 96 valence electrons. The van der Waals surface area contributed by atoms with Crippen LogP contribution >= 0.6 is 0 Å². The summed E-state index contributed by atoms with van der Waals surface area (Å²) in [7, 11) is 0. The van der Waals surface area contributed by atoms with Gasteiger partial charge in [-0.1, -0.05) is 18.2 Å². The molecule has 0 aliphatic carbocycles. The van der Waals surface area contributed by atoms with Crippen molar-refractivity contribution in [1.82, 2.24) is 5.32 Å². The van der Waals surface area contributed by atoms with E-state index < -0.39 is 6.67 Å². The Kier molecular flexibility index (Phi) is 4.94. The first kappa shape index (κ1) is 14.0. The van der Waals surface area contributed by atoms with Crippen molar-refractivity contribution in [1.29, 1.82) is 0 Å². The first-order valence-corrected chi connectivity index (χ1v) is 5.96. The van der Waals surface area contributed by atoms with Crippen LogP contribution < -0.4 is 10.1 Å². The summed E-state index contributed by atoms with van der Waals surface area (Å²) in [5.41, 5.74) is 2.18. The molecule has 0 heterocycles. The van der Waals surface area contributed by atoms with E-state index in [1.165, 1.54) is 0 Å². The Hall–Kier alpha value is -1.09. The maximum Gasteiger partial charge on any atom is 0.126 e. The molecule has 0 aromatic heterocycles. The number of ether oxygens (including phenoxy) is 1. The summed E-state index contributed by atoms with van der Waals surface area (Å²) >= 11 is 0. The number of halogens is 1. The van der Waals surface area contributed by atoms with Gasteiger partial charge >= 0.3 is 0 Å². The number of benzene rings is 1. The van der Waals surface area contributed by atoms with Gasteiger partial charge in [0.05, 0.1) is 0 Å². The highest BCUT2D eigenvalue weighted by Crippen LogP contribution is 2.23. The summed E-state index contributed by atoms with van der Waals surface area (Å²) in [5.74, 6) is 0.807. The summed E-state index contributed by atoms with van der Waals surface area (Å²) < 4.78 is 17.6. The molecule has 0 spiro atoms. The Morgan fingerprint density at radius 3 is 2.59 bits per heavy atom. The fourth-order valence-corrected chi connectivity index (χ4v) is 1.56. The van der Waals surface area contributed by atoms with Gasteiger partial charge in [0.25, 0.3) is 0 Å². The van der Waals surface area contributed by atoms with E-state index in [4.69, 9.17) is 4.74 Å². The minimum Gasteiger partial charge on any atom is -0.490 e. The maximum atomic E-state index is 12.2. The first-order valence-electron chi connectivity index (χ1n) is 5.96. The van der Waals surface area contributed by atoms with Crippen LogP contribution in [0.3, 0.4) is 0 Å². The monoisotopic (exact) mass is 239 g/mol. The van der Waals surface area contributed by atoms with E-state index in [0.717, 1.165) is 23.4 Å². The number of para-hydroxylation sites is 1. The molecule has 1 N–H and O–H groups in total. The topological polar surface area (TPSA) is 21.3 Å². The van der Waals surface area contributed by atoms with Crippen LogP contribution in [0.25, 0.3) is 0 Å². The smallest absolute Gasteiger partial charge is 0.126 e. The average molecular weight is 239 g/mol. The van der Waals surface area contributed by atoms with Crippen molar-refractivity contribution in [2.75, 3.05) is 13.3 Å². The number of nitrogens with one attached hydrogen (secondary N) is 1. The fourth-order valence-electron chi connectivity index (χ4n) is 1.56. The van der Waals surface area contributed by atoms with E-state index in [2.05, 4.69) is 26.1 Å². The van der Waals surface area contributed by atoms with Crippen molar-refractivity contribution in [2.24, 2.45) is 0 Å². The van der Waals surface area contributed by atoms with Crippen molar-refractivity contribution < 1.29 is 9.13 Å². The van der Waals surface area contributed by atoms with E-state index in [-0.39, 0.29) is 12.1 Å². The van der Waals surface area contributed by atoms with Gasteiger partial charge in [-0.25, -0.2) is 4.39 Å². The van der Waals surface area contributed by atoms with Crippen LogP contribution in [-0.4, -0.2) is 18.8 Å². The molecule has 1 rings (SSSR count). The van der Waals surface area contributed by atoms with Crippen LogP contribution in [0.1, 0.15) is 31.9 Å². The van der Waals surface area contributed by atoms with Gasteiger partial charge in [-0.2, -0.15) is 0 Å². The van der Waals surface area contributed by atoms with E-state index in [0.29, 0.717) is 0 Å². The van der Waals surface area contributed by atoms with E-state index in [9.17, 15) is 4.39 Å². The molecule has 0 aliphatic rings. The number of rotatable bonds is 5. The predicted octanol–water partition coefficient (Wildman–Crippen LogP) is 3.23. The molecule has 0 unspecified atom stereocenters. The predicted molar refractivity (Wildman–Crippen MR) is 69.2 cm³/mol. The molecule has 0 radical (unpaired) electrons. The largest absolute Gasteiger partial charge is 0.490 e. The van der Waals surface area contributed by atoms with Gasteiger partial charge in [-0.3, -0.25) is 0 Å². The molecule has 0 saturated heterocycles. The number of aryl methyl sites for hydroxylation is 1. The van der Waals surface area contributed by atoms with Crippen molar-refractivity contribution in [3.05, 3.63) is 29.3 Å². The van der Waals surface area contributed by atoms with Crippen molar-refractivity contribution in [2.45, 2.75) is 39.8 Å². The van der Waals surface area contributed by atoms with E-state index in [1.807, 2.05) is 25.1 Å². The maximum absolute atomic E-state index is 12.2. The Morgan fingerprint density at radius 1 is 1.29 bits per heavy atom. The molecule has 0 fully saturated rings. The SMILES string of the molecule is Cc1cccc(CNC(C)(C)C)c1OCCF. The van der Waals surface area contributed by atoms with Gasteiger partial charge < -0.3 is 10.1 Å². The summed E-state index contributed by atoms with van der Waals surface area (Å²) in [4.78, 5) is 0. The zero-order valence-corrected chi connectivity index (χ0v) is 11.1. The molecule has 0 amide bonds. The second kappa shape index (κ2) is 6.01. The molecule has 0 saturated carbocycles. The minimum absolute atomic E-state index is 0.0567. The highest BCUT2D eigenvalue weighted by molar-refractivity contribution is 5.40. The van der Waals surface area contributed by atoms with Gasteiger partial charge in [0.2, 0.25) is 0 Å². The lowest BCUT2D eigenvalue weighted by atomic mass is 10.1. The quantitative estimate of drug-likeness (QED) is 0.851. The molecule has 0 atom stereocenters. The van der Waals surface area contributed by atoms with Gasteiger partial charge in [0.1, 0.15) is 19.0 Å². The third-order valence-electron chi connectivity index (χ3n) is 2.43. The lowest BCUT2D eigenvalue weighted by Crippen LogP contribution is -2.35. The summed E-state index contributed by atoms with van der Waals surface area (Å²) in [6.07, 6.45) is 0. The van der Waals surface area contributed by atoms with Gasteiger partial charge in [-0.05, 0) is 33.3 Å². The van der Waals surface area contributed by atoms with Crippen molar-refractivity contribution in [3.8, 4) is 5.75 Å². The Labute approximate surface area is 103 Å². The molecule has 2 nitrogen and oxygen atoms in total. The van der Waals surface area contributed by atoms with Gasteiger partial charge in [-0.15, -0.1) is 0 Å². The zero-order chi connectivity index (χ0) is 12.9. The van der Waals surface area contributed by atoms with Gasteiger partial charge in [0, 0.05) is 17.6 Å². The molecular formula is C14H22FNO. The Balaban J connectivity index is 2.79. The second-order valence-electron chi connectivity index (χ2n) is 5.20. The molecule has 17 heavy (non-hydrogen) atoms. The highest BCUT2D eigenvalue weighted by Gasteiger charge is 2.12. The molecule has 3 heteroatoms. The zero-order valence-electron chi connectivity index (χ0n) is 11.1. The number of hydrogen-bond donors (Lipinski definition) is 1. The normalized spacial score (nSPS) is 11.6. The average Bonchev–Trinajstić information content (AvgIpc) is 2.24. The van der Waals surface area contributed by atoms with E-state index >= 15 is 0 Å². The van der Waals surface area contributed by atoms with Crippen LogP contribution in [0.5, 0.6) is 5.75 Å². The summed E-state index contributed by atoms with van der Waals surface area (Å²) in [5, 5.41) is 3.41. The lowest BCUT2D eigenvalue weighted by molar-refractivity contribution is 0.268. The molecule has 0 bridgehead atoms. The van der Waals surface area contributed by atoms with Crippen molar-refractivity contribution in [3.63, 3.8) is 0 Å². The summed E-state index contributed by atoms with van der Waals surface area (Å²) in [6, 6.07) is 5.99. The third kappa shape index (κ3) is 4.73. The molecule has 0 aliphatic heterocycles. The molecular weight excluding hydrogens is 217 g/mol. The fraction of sp³-hybridized carbons (Fsp3) is 0.571. The van der Waals surface area contributed by atoms with Crippen molar-refractivity contribution >= 4 is 0 Å². The van der Waals surface area contributed by atoms with Crippen LogP contribution in [-0.2, 0) is 6.54 Å². The molecule has 1 aromatic rings. The van der Waals surface area contributed by atoms with Crippen LogP contribution in [0, 0.1) is 6.92 Å². The lowest BCUT2D eigenvalue weighted by Gasteiger charge is -2.22. The second-order valence-corrected chi connectivity index (χ2v) is 5.20. The van der Waals surface area contributed by atoms with Crippen LogP contribution in [0.15, 0.2) is 18.2 Å². The highest BCUT2D eigenvalue weighted by atomic mass is 19.1. The standard InChI is InChI=1S/C14H22FNO/c1-11-6-5-7-12(10-16-14(2,3)4)13(11)17-9-8-15/h5-7,16H,8-10H2,1-4H3. The third-order valence-corrected chi connectivity index (χ3v) is 2.43. The Morgan fingerprint density at radius 2 is 2.00 bits per heavy atom. The van der Waals surface area contributed by atoms with Crippen LogP contribution in [0.2, 0.25) is 0 Å². The number of hydrogen-bond acceptors (Lipinski definition) is 2. The van der Waals surface area contributed by atoms with E-state index in [1.54, 1.807) is 0 Å². The minimum atomic E-state index is -0.458. The van der Waals surface area contributed by atoms with Crippen LogP contribution in [0.4, 0.5) is 4.39 Å².